The second-order valence-corrected chi connectivity index (χ2v) is 7.73. The van der Waals surface area contributed by atoms with E-state index in [1.165, 1.54) is 24.4 Å². The molecule has 1 fully saturated rings. The van der Waals surface area contributed by atoms with E-state index in [0.29, 0.717) is 0 Å². The lowest BCUT2D eigenvalue weighted by molar-refractivity contribution is 0.0803. The summed E-state index contributed by atoms with van der Waals surface area (Å²) in [6.45, 7) is 9.89. The van der Waals surface area contributed by atoms with Crippen LogP contribution in [-0.2, 0) is 4.74 Å². The predicted molar refractivity (Wildman–Crippen MR) is 92.4 cm³/mol. The molecular formula is C17H26ClNOS. The fourth-order valence-electron chi connectivity index (χ4n) is 3.02. The minimum absolute atomic E-state index is 0.792. The first kappa shape index (κ1) is 17.1. The van der Waals surface area contributed by atoms with Crippen LogP contribution in [0.15, 0.2) is 29.2 Å². The molecule has 118 valence electrons. The van der Waals surface area contributed by atoms with Crippen LogP contribution in [0.4, 0.5) is 0 Å². The number of benzene rings is 1. The second-order valence-electron chi connectivity index (χ2n) is 6.12. The average molecular weight is 328 g/mol. The molecule has 2 atom stereocenters. The summed E-state index contributed by atoms with van der Waals surface area (Å²) in [4.78, 5) is 3.80. The van der Waals surface area contributed by atoms with Gasteiger partial charge in [-0.1, -0.05) is 25.4 Å². The maximum atomic E-state index is 5.87. The summed E-state index contributed by atoms with van der Waals surface area (Å²) in [5.41, 5.74) is 0. The first-order valence-corrected chi connectivity index (χ1v) is 9.18. The van der Waals surface area contributed by atoms with Gasteiger partial charge in [0.25, 0.3) is 0 Å². The molecule has 0 aliphatic carbocycles. The highest BCUT2D eigenvalue weighted by Gasteiger charge is 2.20. The van der Waals surface area contributed by atoms with Gasteiger partial charge in [0.15, 0.2) is 0 Å². The van der Waals surface area contributed by atoms with Crippen LogP contribution in [0, 0.1) is 11.8 Å². The zero-order valence-corrected chi connectivity index (χ0v) is 14.6. The van der Waals surface area contributed by atoms with Crippen LogP contribution < -0.4 is 0 Å². The molecule has 0 bridgehead atoms. The topological polar surface area (TPSA) is 12.5 Å². The third-order valence-corrected chi connectivity index (χ3v) is 5.03. The number of likely N-dealkylation sites (tertiary alicyclic amines) is 1. The molecule has 1 heterocycles. The number of ether oxygens (including phenoxy) is 1. The van der Waals surface area contributed by atoms with Crippen LogP contribution >= 0.6 is 23.4 Å². The molecule has 1 aromatic rings. The van der Waals surface area contributed by atoms with E-state index in [9.17, 15) is 0 Å². The lowest BCUT2D eigenvalue weighted by Gasteiger charge is -2.34. The Morgan fingerprint density at radius 1 is 1.14 bits per heavy atom. The highest BCUT2D eigenvalue weighted by Crippen LogP contribution is 2.21. The molecule has 21 heavy (non-hydrogen) atoms. The highest BCUT2D eigenvalue weighted by atomic mass is 35.5. The fraction of sp³-hybridized carbons (Fsp3) is 0.647. The van der Waals surface area contributed by atoms with Crippen molar-refractivity contribution in [2.75, 3.05) is 38.6 Å². The van der Waals surface area contributed by atoms with Gasteiger partial charge in [0.1, 0.15) is 0 Å². The molecule has 1 saturated heterocycles. The zero-order chi connectivity index (χ0) is 15.1. The van der Waals surface area contributed by atoms with Crippen LogP contribution in [0.1, 0.15) is 20.3 Å². The molecule has 0 saturated carbocycles. The number of halogens is 1. The molecule has 0 N–H and O–H groups in total. The maximum Gasteiger partial charge on any atom is 0.0593 e. The summed E-state index contributed by atoms with van der Waals surface area (Å²) in [5.74, 6) is 2.65. The molecule has 0 amide bonds. The molecule has 2 rings (SSSR count). The first-order valence-electron chi connectivity index (χ1n) is 7.82. The van der Waals surface area contributed by atoms with E-state index in [0.717, 1.165) is 42.4 Å². The maximum absolute atomic E-state index is 5.87. The normalized spacial score (nSPS) is 23.4. The highest BCUT2D eigenvalue weighted by molar-refractivity contribution is 7.99. The number of nitrogens with zero attached hydrogens (tertiary/aromatic N) is 1. The smallest absolute Gasteiger partial charge is 0.0593 e. The number of rotatable bonds is 7. The monoisotopic (exact) mass is 327 g/mol. The Labute approximate surface area is 138 Å². The van der Waals surface area contributed by atoms with E-state index >= 15 is 0 Å². The molecule has 0 unspecified atom stereocenters. The summed E-state index contributed by atoms with van der Waals surface area (Å²) in [5, 5.41) is 0.792. The minimum atomic E-state index is 0.792. The second kappa shape index (κ2) is 9.04. The lowest BCUT2D eigenvalue weighted by atomic mass is 9.92. The molecule has 1 aromatic carbocycles. The summed E-state index contributed by atoms with van der Waals surface area (Å²) in [7, 11) is 0. The van der Waals surface area contributed by atoms with Crippen molar-refractivity contribution in [3.8, 4) is 0 Å². The van der Waals surface area contributed by atoms with Crippen LogP contribution in [0.25, 0.3) is 0 Å². The summed E-state index contributed by atoms with van der Waals surface area (Å²) < 4.78 is 5.76. The van der Waals surface area contributed by atoms with Crippen molar-refractivity contribution in [2.45, 2.75) is 25.2 Å². The van der Waals surface area contributed by atoms with Crippen LogP contribution in [0.5, 0.6) is 0 Å². The van der Waals surface area contributed by atoms with E-state index in [1.54, 1.807) is 0 Å². The number of hydrogen-bond acceptors (Lipinski definition) is 3. The van der Waals surface area contributed by atoms with Crippen molar-refractivity contribution in [1.29, 1.82) is 0 Å². The van der Waals surface area contributed by atoms with Gasteiger partial charge in [-0.2, -0.15) is 0 Å². The van der Waals surface area contributed by atoms with Gasteiger partial charge in [0.05, 0.1) is 13.2 Å². The Morgan fingerprint density at radius 3 is 2.48 bits per heavy atom. The summed E-state index contributed by atoms with van der Waals surface area (Å²) in [6.07, 6.45) is 1.37. The van der Waals surface area contributed by atoms with Crippen molar-refractivity contribution in [1.82, 2.24) is 4.90 Å². The van der Waals surface area contributed by atoms with E-state index in [-0.39, 0.29) is 0 Å². The van der Waals surface area contributed by atoms with Crippen LogP contribution in [-0.4, -0.2) is 43.5 Å². The standard InChI is InChI=1S/C17H26ClNOS/c1-14-11-15(2)13-19(12-14)7-8-20-9-10-21-17-5-3-16(18)4-6-17/h3-6,14-15H,7-13H2,1-2H3/t14-,15+. The molecule has 0 radical (unpaired) electrons. The fourth-order valence-corrected chi connectivity index (χ4v) is 3.91. The van der Waals surface area contributed by atoms with E-state index < -0.39 is 0 Å². The number of thioether (sulfide) groups is 1. The Hall–Kier alpha value is -0.220. The van der Waals surface area contributed by atoms with E-state index in [2.05, 4.69) is 30.9 Å². The molecule has 1 aliphatic rings. The van der Waals surface area contributed by atoms with Crippen molar-refractivity contribution in [2.24, 2.45) is 11.8 Å². The Kier molecular flexibility index (Phi) is 7.38. The predicted octanol–water partition coefficient (Wildman–Crippen LogP) is 4.43. The molecule has 0 spiro atoms. The third-order valence-electron chi connectivity index (χ3n) is 3.81. The zero-order valence-electron chi connectivity index (χ0n) is 13.1. The van der Waals surface area contributed by atoms with Crippen molar-refractivity contribution in [3.05, 3.63) is 29.3 Å². The molecule has 1 aliphatic heterocycles. The largest absolute Gasteiger partial charge is 0.379 e. The van der Waals surface area contributed by atoms with Gasteiger partial charge in [-0.15, -0.1) is 11.8 Å². The number of hydrogen-bond donors (Lipinski definition) is 0. The van der Waals surface area contributed by atoms with Crippen LogP contribution in [0.3, 0.4) is 0 Å². The van der Waals surface area contributed by atoms with E-state index in [1.807, 2.05) is 23.9 Å². The SMILES string of the molecule is C[C@@H]1C[C@H](C)CN(CCOCCSc2ccc(Cl)cc2)C1. The van der Waals surface area contributed by atoms with Gasteiger partial charge in [0.2, 0.25) is 0 Å². The lowest BCUT2D eigenvalue weighted by Crippen LogP contribution is -2.40. The van der Waals surface area contributed by atoms with Gasteiger partial charge in [-0.25, -0.2) is 0 Å². The van der Waals surface area contributed by atoms with Gasteiger partial charge in [-0.3, -0.25) is 0 Å². The molecule has 4 heteroatoms. The third kappa shape index (κ3) is 6.60. The van der Waals surface area contributed by atoms with Crippen molar-refractivity contribution in [3.63, 3.8) is 0 Å². The van der Waals surface area contributed by atoms with Gasteiger partial charge in [0, 0.05) is 35.3 Å². The minimum Gasteiger partial charge on any atom is -0.379 e. The number of piperidine rings is 1. The average Bonchev–Trinajstić information content (AvgIpc) is 2.43. The molecule has 0 aromatic heterocycles. The van der Waals surface area contributed by atoms with E-state index in [4.69, 9.17) is 16.3 Å². The van der Waals surface area contributed by atoms with Crippen molar-refractivity contribution >= 4 is 23.4 Å². The first-order chi connectivity index (χ1) is 10.1. The summed E-state index contributed by atoms with van der Waals surface area (Å²) >= 11 is 7.69. The molecule has 2 nitrogen and oxygen atoms in total. The summed E-state index contributed by atoms with van der Waals surface area (Å²) in [6, 6.07) is 7.99. The van der Waals surface area contributed by atoms with Crippen LogP contribution in [0.2, 0.25) is 5.02 Å². The quantitative estimate of drug-likeness (QED) is 0.543. The Balaban J connectivity index is 1.53. The van der Waals surface area contributed by atoms with Gasteiger partial charge >= 0.3 is 0 Å². The molecular weight excluding hydrogens is 302 g/mol. The van der Waals surface area contributed by atoms with Crippen molar-refractivity contribution < 1.29 is 4.74 Å². The van der Waals surface area contributed by atoms with Gasteiger partial charge < -0.3 is 9.64 Å². The Bertz CT molecular complexity index is 402. The Morgan fingerprint density at radius 2 is 1.81 bits per heavy atom. The van der Waals surface area contributed by atoms with Gasteiger partial charge in [-0.05, 0) is 42.5 Å².